The molecular weight excluding hydrogens is 538 g/mol. The van der Waals surface area contributed by atoms with Gasteiger partial charge in [-0.05, 0) is 87.7 Å². The number of allylic oxidation sites excluding steroid dienone is 2. The van der Waals surface area contributed by atoms with Gasteiger partial charge in [0.05, 0.1) is 20.3 Å². The van der Waals surface area contributed by atoms with Crippen molar-refractivity contribution in [2.24, 2.45) is 0 Å². The van der Waals surface area contributed by atoms with Crippen molar-refractivity contribution in [1.82, 2.24) is 4.90 Å². The van der Waals surface area contributed by atoms with Crippen LogP contribution in [0.2, 0.25) is 0 Å². The van der Waals surface area contributed by atoms with Gasteiger partial charge in [0.1, 0.15) is 0 Å². The summed E-state index contributed by atoms with van der Waals surface area (Å²) in [5.41, 5.74) is 15.1. The van der Waals surface area contributed by atoms with E-state index in [1.807, 2.05) is 0 Å². The van der Waals surface area contributed by atoms with Crippen LogP contribution in [0.15, 0.2) is 115 Å². The SMILES string of the molecule is COc1cc2c(cc1OC)/C(=C1/C(c3ccc(C)cc3)=Cc3ccccc31)C(c1ccc(C)cc1)N(Cc1ccccc1)C2. The van der Waals surface area contributed by atoms with E-state index in [9.17, 15) is 0 Å². The van der Waals surface area contributed by atoms with Crippen LogP contribution in [-0.4, -0.2) is 19.1 Å². The molecule has 7 rings (SSSR count). The van der Waals surface area contributed by atoms with Crippen molar-refractivity contribution >= 4 is 22.8 Å². The zero-order chi connectivity index (χ0) is 30.2. The molecule has 0 saturated heterocycles. The smallest absolute Gasteiger partial charge is 0.161 e. The van der Waals surface area contributed by atoms with Gasteiger partial charge in [0.25, 0.3) is 0 Å². The minimum absolute atomic E-state index is 0.0106. The van der Waals surface area contributed by atoms with Crippen molar-refractivity contribution < 1.29 is 9.47 Å². The molecule has 2 aliphatic rings. The fourth-order valence-electron chi connectivity index (χ4n) is 6.78. The molecule has 0 bridgehead atoms. The molecule has 0 spiro atoms. The maximum Gasteiger partial charge on any atom is 0.161 e. The molecule has 1 heterocycles. The van der Waals surface area contributed by atoms with Gasteiger partial charge >= 0.3 is 0 Å². The largest absolute Gasteiger partial charge is 0.493 e. The Labute approximate surface area is 260 Å². The standard InChI is InChI=1S/C41H37NO2/c1-27-14-18-30(19-15-27)35-22-32-12-8-9-13-34(32)39(35)40-36-24-38(44-4)37(43-3)23-33(36)26-42(25-29-10-6-5-7-11-29)41(40)31-20-16-28(2)17-21-31/h5-24,41H,25-26H2,1-4H3/b40-39-. The van der Waals surface area contributed by atoms with Gasteiger partial charge in [-0.1, -0.05) is 114 Å². The van der Waals surface area contributed by atoms with Gasteiger partial charge in [-0.2, -0.15) is 0 Å². The molecule has 0 radical (unpaired) electrons. The second-order valence-corrected chi connectivity index (χ2v) is 11.9. The van der Waals surface area contributed by atoms with E-state index >= 15 is 0 Å². The Balaban J connectivity index is 1.57. The van der Waals surface area contributed by atoms with E-state index in [0.717, 1.165) is 24.6 Å². The highest BCUT2D eigenvalue weighted by molar-refractivity contribution is 6.24. The summed E-state index contributed by atoms with van der Waals surface area (Å²) in [7, 11) is 3.44. The number of hydrogen-bond acceptors (Lipinski definition) is 3. The fraction of sp³-hybridized carbons (Fsp3) is 0.171. The van der Waals surface area contributed by atoms with E-state index in [-0.39, 0.29) is 6.04 Å². The molecular formula is C41H37NO2. The summed E-state index contributed by atoms with van der Waals surface area (Å²) in [4.78, 5) is 2.62. The van der Waals surface area contributed by atoms with Crippen molar-refractivity contribution in [2.45, 2.75) is 33.0 Å². The molecule has 0 amide bonds. The third kappa shape index (κ3) is 5.04. The monoisotopic (exact) mass is 575 g/mol. The molecule has 0 saturated carbocycles. The van der Waals surface area contributed by atoms with Gasteiger partial charge in [0.15, 0.2) is 11.5 Å². The summed E-state index contributed by atoms with van der Waals surface area (Å²) in [6, 6.07) is 42.0. The summed E-state index contributed by atoms with van der Waals surface area (Å²) in [6.07, 6.45) is 2.37. The molecule has 44 heavy (non-hydrogen) atoms. The van der Waals surface area contributed by atoms with Crippen LogP contribution in [0.3, 0.4) is 0 Å². The van der Waals surface area contributed by atoms with Gasteiger partial charge in [-0.25, -0.2) is 0 Å². The van der Waals surface area contributed by atoms with Crippen LogP contribution in [0.5, 0.6) is 11.5 Å². The first kappa shape index (κ1) is 27.9. The van der Waals surface area contributed by atoms with Gasteiger partial charge in [0, 0.05) is 13.1 Å². The first-order valence-corrected chi connectivity index (χ1v) is 15.3. The summed E-state index contributed by atoms with van der Waals surface area (Å²) >= 11 is 0. The van der Waals surface area contributed by atoms with Crippen molar-refractivity contribution in [2.75, 3.05) is 14.2 Å². The van der Waals surface area contributed by atoms with Gasteiger partial charge < -0.3 is 9.47 Å². The topological polar surface area (TPSA) is 21.7 Å². The van der Waals surface area contributed by atoms with Crippen LogP contribution < -0.4 is 9.47 Å². The first-order chi connectivity index (χ1) is 21.5. The number of methoxy groups -OCH3 is 2. The zero-order valence-electron chi connectivity index (χ0n) is 25.8. The molecule has 3 nitrogen and oxygen atoms in total. The van der Waals surface area contributed by atoms with Crippen molar-refractivity contribution in [3.05, 3.63) is 165 Å². The molecule has 0 fully saturated rings. The molecule has 1 unspecified atom stereocenters. The maximum absolute atomic E-state index is 5.91. The van der Waals surface area contributed by atoms with Gasteiger partial charge in [0.2, 0.25) is 0 Å². The number of rotatable bonds is 6. The molecule has 1 aliphatic heterocycles. The van der Waals surface area contributed by atoms with Crippen molar-refractivity contribution in [1.29, 1.82) is 0 Å². The van der Waals surface area contributed by atoms with E-state index in [1.54, 1.807) is 14.2 Å². The Hall–Kier alpha value is -4.86. The fourth-order valence-corrected chi connectivity index (χ4v) is 6.78. The highest BCUT2D eigenvalue weighted by atomic mass is 16.5. The Morgan fingerprint density at radius 2 is 1.32 bits per heavy atom. The third-order valence-electron chi connectivity index (χ3n) is 8.96. The summed E-state index contributed by atoms with van der Waals surface area (Å²) in [5.74, 6) is 1.50. The van der Waals surface area contributed by atoms with Crippen molar-refractivity contribution in [3.8, 4) is 11.5 Å². The Kier molecular flexibility index (Phi) is 7.41. The molecule has 1 atom stereocenters. The van der Waals surface area contributed by atoms with Gasteiger partial charge in [-0.15, -0.1) is 0 Å². The third-order valence-corrected chi connectivity index (χ3v) is 8.96. The van der Waals surface area contributed by atoms with Crippen LogP contribution in [0, 0.1) is 13.8 Å². The lowest BCUT2D eigenvalue weighted by Gasteiger charge is -2.41. The number of nitrogens with zero attached hydrogens (tertiary/aromatic N) is 1. The van der Waals surface area contributed by atoms with E-state index in [0.29, 0.717) is 0 Å². The minimum Gasteiger partial charge on any atom is -0.493 e. The number of aryl methyl sites for hydroxylation is 2. The predicted molar refractivity (Wildman–Crippen MR) is 181 cm³/mol. The summed E-state index contributed by atoms with van der Waals surface area (Å²) < 4.78 is 11.7. The van der Waals surface area contributed by atoms with Crippen LogP contribution in [0.1, 0.15) is 56.1 Å². The van der Waals surface area contributed by atoms with E-state index < -0.39 is 0 Å². The molecule has 0 aromatic heterocycles. The summed E-state index contributed by atoms with van der Waals surface area (Å²) in [6.45, 7) is 5.90. The number of fused-ring (bicyclic) bond motifs is 2. The number of ether oxygens (including phenoxy) is 2. The van der Waals surface area contributed by atoms with Crippen LogP contribution in [0.25, 0.3) is 22.8 Å². The van der Waals surface area contributed by atoms with Crippen LogP contribution in [-0.2, 0) is 13.1 Å². The normalized spacial score (nSPS) is 17.5. The average Bonchev–Trinajstić information content (AvgIpc) is 3.44. The zero-order valence-corrected chi connectivity index (χ0v) is 25.8. The van der Waals surface area contributed by atoms with Crippen LogP contribution in [0.4, 0.5) is 0 Å². The van der Waals surface area contributed by atoms with E-state index in [4.69, 9.17) is 9.47 Å². The molecule has 5 aromatic carbocycles. The molecule has 1 aliphatic carbocycles. The Bertz CT molecular complexity index is 1880. The molecule has 218 valence electrons. The highest BCUT2D eigenvalue weighted by Gasteiger charge is 2.37. The minimum atomic E-state index is 0.0106. The molecule has 3 heteroatoms. The molecule has 5 aromatic rings. The number of benzene rings is 5. The Morgan fingerprint density at radius 1 is 0.682 bits per heavy atom. The van der Waals surface area contributed by atoms with Gasteiger partial charge in [-0.3, -0.25) is 4.90 Å². The van der Waals surface area contributed by atoms with E-state index in [1.165, 1.54) is 66.8 Å². The second-order valence-electron chi connectivity index (χ2n) is 11.9. The number of hydrogen-bond donors (Lipinski definition) is 0. The van der Waals surface area contributed by atoms with Crippen LogP contribution >= 0.6 is 0 Å². The summed E-state index contributed by atoms with van der Waals surface area (Å²) in [5, 5.41) is 0. The van der Waals surface area contributed by atoms with E-state index in [2.05, 4.69) is 140 Å². The first-order valence-electron chi connectivity index (χ1n) is 15.3. The predicted octanol–water partition coefficient (Wildman–Crippen LogP) is 9.54. The lowest BCUT2D eigenvalue weighted by Crippen LogP contribution is -2.34. The highest BCUT2D eigenvalue weighted by Crippen LogP contribution is 2.54. The quantitative estimate of drug-likeness (QED) is 0.201. The molecule has 0 N–H and O–H groups in total. The van der Waals surface area contributed by atoms with Crippen molar-refractivity contribution in [3.63, 3.8) is 0 Å². The Morgan fingerprint density at radius 3 is 2.02 bits per heavy atom. The average molecular weight is 576 g/mol. The lowest BCUT2D eigenvalue weighted by molar-refractivity contribution is 0.211. The lowest BCUT2D eigenvalue weighted by atomic mass is 9.78. The maximum atomic E-state index is 5.91. The second kappa shape index (κ2) is 11.7.